The lowest BCUT2D eigenvalue weighted by atomic mass is 9.86. The van der Waals surface area contributed by atoms with Gasteiger partial charge in [-0.25, -0.2) is 9.00 Å². The van der Waals surface area contributed by atoms with Crippen molar-refractivity contribution < 1.29 is 23.6 Å². The summed E-state index contributed by atoms with van der Waals surface area (Å²) in [5.41, 5.74) is 6.78. The minimum Gasteiger partial charge on any atom is -0.493 e. The Labute approximate surface area is 250 Å². The first-order valence-electron chi connectivity index (χ1n) is 14.2. The first kappa shape index (κ1) is 29.5. The van der Waals surface area contributed by atoms with Crippen LogP contribution in [0.15, 0.2) is 83.8 Å². The zero-order valence-electron chi connectivity index (χ0n) is 24.7. The fourth-order valence-corrected chi connectivity index (χ4v) is 6.41. The Morgan fingerprint density at radius 2 is 1.69 bits per heavy atom. The van der Waals surface area contributed by atoms with Crippen molar-refractivity contribution in [1.82, 2.24) is 0 Å². The van der Waals surface area contributed by atoms with Crippen molar-refractivity contribution in [3.63, 3.8) is 0 Å². The molecule has 5 rings (SSSR count). The monoisotopic (exact) mass is 583 g/mol. The highest BCUT2D eigenvalue weighted by molar-refractivity contribution is 7.86. The van der Waals surface area contributed by atoms with Gasteiger partial charge in [-0.15, -0.1) is 0 Å². The Morgan fingerprint density at radius 1 is 0.952 bits per heavy atom. The number of fused-ring (bicyclic) bond motifs is 1. The molecule has 1 aliphatic heterocycles. The minimum absolute atomic E-state index is 0.548. The second-order valence-electron chi connectivity index (χ2n) is 11.6. The highest BCUT2D eigenvalue weighted by Gasteiger charge is 2.33. The molecule has 4 aromatic carbocycles. The van der Waals surface area contributed by atoms with E-state index in [1.54, 1.807) is 0 Å². The zero-order valence-corrected chi connectivity index (χ0v) is 25.5. The van der Waals surface area contributed by atoms with E-state index in [4.69, 9.17) is 9.47 Å². The van der Waals surface area contributed by atoms with E-state index < -0.39 is 28.7 Å². The third-order valence-corrected chi connectivity index (χ3v) is 8.43. The molecular weight excluding hydrogens is 546 g/mol. The Kier molecular flexibility index (Phi) is 8.53. The highest BCUT2D eigenvalue weighted by Crippen LogP contribution is 2.42. The Hall–Kier alpha value is -3.94. The summed E-state index contributed by atoms with van der Waals surface area (Å²) in [7, 11) is -1.60. The van der Waals surface area contributed by atoms with Crippen LogP contribution in [0.5, 0.6) is 5.75 Å². The highest BCUT2D eigenvalue weighted by atomic mass is 32.2. The Balaban J connectivity index is 1.60. The van der Waals surface area contributed by atoms with Gasteiger partial charge in [0.25, 0.3) is 0 Å². The van der Waals surface area contributed by atoms with Crippen LogP contribution in [0.1, 0.15) is 55.5 Å². The number of benzene rings is 4. The van der Waals surface area contributed by atoms with E-state index in [2.05, 4.69) is 10.8 Å². The molecule has 0 aliphatic carbocycles. The van der Waals surface area contributed by atoms with Gasteiger partial charge in [-0.3, -0.25) is 0 Å². The smallest absolute Gasteiger partial charge is 0.337 e. The lowest BCUT2D eigenvalue weighted by molar-refractivity contribution is -0.160. The van der Waals surface area contributed by atoms with Crippen LogP contribution in [0.3, 0.4) is 0 Å². The minimum atomic E-state index is -1.60. The topological polar surface area (TPSA) is 84.9 Å². The van der Waals surface area contributed by atoms with Crippen LogP contribution in [0, 0.1) is 13.8 Å². The number of hydrogen-bond acceptors (Lipinski definition) is 4. The van der Waals surface area contributed by atoms with Crippen molar-refractivity contribution >= 4 is 22.6 Å². The van der Waals surface area contributed by atoms with Crippen molar-refractivity contribution in [2.45, 2.75) is 64.1 Å². The van der Waals surface area contributed by atoms with Crippen LogP contribution in [-0.2, 0) is 26.9 Å². The van der Waals surface area contributed by atoms with E-state index in [1.165, 1.54) is 0 Å². The normalized spacial score (nSPS) is 14.4. The maximum atomic E-state index is 13.7. The van der Waals surface area contributed by atoms with Gasteiger partial charge in [0.15, 0.2) is 6.10 Å². The number of hydrogen-bond donors (Lipinski definition) is 2. The van der Waals surface area contributed by atoms with Gasteiger partial charge < -0.3 is 19.3 Å². The number of carbonyl (C=O) groups is 1. The summed E-state index contributed by atoms with van der Waals surface area (Å²) in [6, 6.07) is 25.5. The number of anilines is 1. The van der Waals surface area contributed by atoms with Crippen LogP contribution < -0.4 is 9.46 Å². The van der Waals surface area contributed by atoms with Crippen LogP contribution in [0.2, 0.25) is 0 Å². The van der Waals surface area contributed by atoms with E-state index in [9.17, 15) is 14.1 Å². The maximum Gasteiger partial charge on any atom is 0.337 e. The maximum absolute atomic E-state index is 13.7. The Bertz CT molecular complexity index is 1640. The van der Waals surface area contributed by atoms with Gasteiger partial charge in [0.05, 0.1) is 22.8 Å². The average Bonchev–Trinajstić information content (AvgIpc) is 2.97. The number of rotatable bonds is 8. The molecule has 1 aliphatic rings. The molecule has 7 heteroatoms. The molecule has 2 unspecified atom stereocenters. The van der Waals surface area contributed by atoms with Crippen molar-refractivity contribution in [2.24, 2.45) is 0 Å². The second kappa shape index (κ2) is 12.1. The van der Waals surface area contributed by atoms with Gasteiger partial charge >= 0.3 is 5.97 Å². The lowest BCUT2D eigenvalue weighted by Crippen LogP contribution is -2.28. The molecule has 218 valence electrons. The summed E-state index contributed by atoms with van der Waals surface area (Å²) < 4.78 is 28.8. The molecule has 4 aromatic rings. The van der Waals surface area contributed by atoms with Gasteiger partial charge in [-0.2, -0.15) is 0 Å². The molecule has 0 amide bonds. The molecule has 0 fully saturated rings. The number of aliphatic carboxylic acids is 1. The molecule has 0 aromatic heterocycles. The SMILES string of the molecule is Cc1cc(NS(=O)c2cccc(-c3ccccc3)c2)c(C)c(C(OC(C)(C)C)C(=O)O)c1-c1ccc2c(c1)CCCO2. The largest absolute Gasteiger partial charge is 0.493 e. The second-order valence-corrected chi connectivity index (χ2v) is 12.9. The molecule has 0 spiro atoms. The van der Waals surface area contributed by atoms with Crippen molar-refractivity contribution in [2.75, 3.05) is 11.3 Å². The van der Waals surface area contributed by atoms with E-state index in [0.29, 0.717) is 28.3 Å². The summed E-state index contributed by atoms with van der Waals surface area (Å²) in [6.07, 6.45) is 0.604. The summed E-state index contributed by atoms with van der Waals surface area (Å²) in [5, 5.41) is 10.4. The fraction of sp³-hybridized carbons (Fsp3) is 0.286. The number of carboxylic acids is 1. The third-order valence-electron chi connectivity index (χ3n) is 7.35. The Morgan fingerprint density at radius 3 is 2.40 bits per heavy atom. The quantitative estimate of drug-likeness (QED) is 0.219. The molecule has 0 bridgehead atoms. The van der Waals surface area contributed by atoms with Gasteiger partial charge in [-0.1, -0.05) is 48.5 Å². The molecule has 6 nitrogen and oxygen atoms in total. The van der Waals surface area contributed by atoms with Crippen LogP contribution in [0.25, 0.3) is 22.3 Å². The summed E-state index contributed by atoms with van der Waals surface area (Å²) in [6.45, 7) is 10.0. The number of ether oxygens (including phenoxy) is 2. The first-order chi connectivity index (χ1) is 20.0. The number of aryl methyl sites for hydroxylation is 2. The van der Waals surface area contributed by atoms with E-state index >= 15 is 0 Å². The fourth-order valence-electron chi connectivity index (χ4n) is 5.44. The van der Waals surface area contributed by atoms with Crippen molar-refractivity contribution in [1.29, 1.82) is 0 Å². The first-order valence-corrected chi connectivity index (χ1v) is 15.3. The van der Waals surface area contributed by atoms with E-state index in [-0.39, 0.29) is 0 Å². The molecule has 42 heavy (non-hydrogen) atoms. The molecule has 0 radical (unpaired) electrons. The van der Waals surface area contributed by atoms with Crippen molar-refractivity contribution in [3.8, 4) is 28.0 Å². The molecule has 2 N–H and O–H groups in total. The molecule has 0 saturated heterocycles. The molecule has 2 atom stereocenters. The van der Waals surface area contributed by atoms with Crippen LogP contribution in [0.4, 0.5) is 5.69 Å². The molecular formula is C35H37NO5S. The van der Waals surface area contributed by atoms with E-state index in [0.717, 1.165) is 52.0 Å². The zero-order chi connectivity index (χ0) is 30.0. The number of carboxylic acid groups (broad SMARTS) is 1. The predicted octanol–water partition coefficient (Wildman–Crippen LogP) is 8.04. The van der Waals surface area contributed by atoms with Gasteiger partial charge in [0.2, 0.25) is 0 Å². The van der Waals surface area contributed by atoms with Crippen LogP contribution in [-0.4, -0.2) is 27.5 Å². The summed E-state index contributed by atoms with van der Waals surface area (Å²) in [5.74, 6) is -0.211. The third kappa shape index (κ3) is 6.42. The van der Waals surface area contributed by atoms with Gasteiger partial charge in [0, 0.05) is 5.56 Å². The molecule has 1 heterocycles. The summed E-state index contributed by atoms with van der Waals surface area (Å²) >= 11 is 0. The average molecular weight is 584 g/mol. The van der Waals surface area contributed by atoms with Crippen LogP contribution >= 0.6 is 0 Å². The van der Waals surface area contributed by atoms with Gasteiger partial charge in [-0.05, 0) is 117 Å². The lowest BCUT2D eigenvalue weighted by Gasteiger charge is -2.30. The summed E-state index contributed by atoms with van der Waals surface area (Å²) in [4.78, 5) is 13.4. The van der Waals surface area contributed by atoms with Crippen molar-refractivity contribution in [3.05, 3.63) is 101 Å². The molecule has 0 saturated carbocycles. The predicted molar refractivity (Wildman–Crippen MR) is 168 cm³/mol. The standard InChI is InChI=1S/C35H37NO5S/c1-22-19-29(36-42(39)28-15-9-13-25(21-28)24-11-7-6-8-12-24)23(2)32(33(34(37)38)41-35(3,4)5)31(22)27-16-17-30-26(20-27)14-10-18-40-30/h6-9,11-13,15-17,19-21,33,36H,10,14,18H2,1-5H3,(H,37,38). The van der Waals surface area contributed by atoms with Gasteiger partial charge in [0.1, 0.15) is 16.7 Å². The van der Waals surface area contributed by atoms with E-state index in [1.807, 2.05) is 107 Å². The number of nitrogens with one attached hydrogen (secondary N) is 1.